The molecule has 0 fully saturated rings. The average Bonchev–Trinajstić information content (AvgIpc) is 3.16. The zero-order valence-corrected chi connectivity index (χ0v) is 32.5. The van der Waals surface area contributed by atoms with E-state index in [1.54, 1.807) is 31.2 Å². The first kappa shape index (κ1) is 40.3. The molecule has 5 aromatic rings. The molecule has 0 aliphatic heterocycles. The van der Waals surface area contributed by atoms with E-state index in [-0.39, 0.29) is 44.2 Å². The molecule has 59 heavy (non-hydrogen) atoms. The zero-order valence-electron chi connectivity index (χ0n) is 30.0. The molecule has 7 rings (SSSR count). The molecule has 300 valence electrons. The van der Waals surface area contributed by atoms with Crippen LogP contribution in [0.2, 0.25) is 0 Å². The van der Waals surface area contributed by atoms with Crippen molar-refractivity contribution in [1.82, 2.24) is 0 Å². The summed E-state index contributed by atoms with van der Waals surface area (Å²) >= 11 is 0. The van der Waals surface area contributed by atoms with Gasteiger partial charge in [0.15, 0.2) is 11.4 Å². The van der Waals surface area contributed by atoms with Crippen molar-refractivity contribution in [2.24, 2.45) is 10.2 Å². The van der Waals surface area contributed by atoms with E-state index < -0.39 is 69.2 Å². The molecule has 0 saturated heterocycles. The van der Waals surface area contributed by atoms with Gasteiger partial charge in [0.1, 0.15) is 9.81 Å². The summed E-state index contributed by atoms with van der Waals surface area (Å²) in [7, 11) is -14.4. The second kappa shape index (κ2) is 15.1. The maximum Gasteiger partial charge on any atom is 0.323 e. The van der Waals surface area contributed by atoms with Crippen LogP contribution in [0.25, 0.3) is 22.9 Å². The lowest BCUT2D eigenvalue weighted by molar-refractivity contribution is 0.105. The molecule has 21 heteroatoms. The number of benzene rings is 5. The molecule has 2 aliphatic carbocycles. The van der Waals surface area contributed by atoms with Crippen LogP contribution in [0.5, 0.6) is 0 Å². The Kier molecular flexibility index (Phi) is 10.3. The normalized spacial score (nSPS) is 15.6. The first-order chi connectivity index (χ1) is 27.8. The topological polar surface area (TPSA) is 287 Å². The summed E-state index contributed by atoms with van der Waals surface area (Å²) in [6.45, 7) is 1.77. The van der Waals surface area contributed by atoms with Gasteiger partial charge in [-0.05, 0) is 113 Å². The van der Waals surface area contributed by atoms with Crippen molar-refractivity contribution in [2.75, 3.05) is 21.5 Å². The van der Waals surface area contributed by atoms with E-state index in [0.717, 1.165) is 17.7 Å². The fourth-order valence-corrected chi connectivity index (χ4v) is 7.95. The number of fused-ring (bicyclic) bond motifs is 3. The van der Waals surface area contributed by atoms with Gasteiger partial charge in [0.05, 0.1) is 16.3 Å². The van der Waals surface area contributed by atoms with E-state index in [1.807, 2.05) is 0 Å². The Balaban J connectivity index is 1.09. The number of hydrogen-bond donors (Lipinski definition) is 7. The molecule has 18 nitrogen and oxygen atoms in total. The monoisotopic (exact) mass is 856 g/mol. The number of para-hydroxylation sites is 1. The third kappa shape index (κ3) is 8.55. The van der Waals surface area contributed by atoms with Gasteiger partial charge in [-0.2, -0.15) is 35.5 Å². The van der Waals surface area contributed by atoms with Crippen molar-refractivity contribution in [3.05, 3.63) is 135 Å². The first-order valence-corrected chi connectivity index (χ1v) is 21.2. The van der Waals surface area contributed by atoms with E-state index >= 15 is 0 Å². The minimum atomic E-state index is -5.03. The number of aryl methyl sites for hydroxylation is 1. The van der Waals surface area contributed by atoms with Gasteiger partial charge in [0, 0.05) is 22.5 Å². The van der Waals surface area contributed by atoms with Gasteiger partial charge in [0.25, 0.3) is 30.4 Å². The summed E-state index contributed by atoms with van der Waals surface area (Å²) in [4.78, 5) is 38.0. The van der Waals surface area contributed by atoms with Crippen LogP contribution in [0, 0.1) is 6.92 Å². The standard InChI is InChI=1S/C38H28N6O12S3/c1-20-4-2-3-5-31(20)42-44-35-33(59(54,55)56)19-24-16-26(10-13-30(24)37(35)46)40-38(47)39-25-9-12-29-23(15-25)18-32(58(51,52)53)34(36(29)45)43-41-27-8-6-22-17-28(57(48,49)50)11-7-21(22)14-27/h2-19,41-42H,1H3,(H2,39,40,47)(H,48,49,50)(H,51,52,53)(H,54,55,56)/b43-34-,44-35-. The Hall–Kier alpha value is -6.88. The van der Waals surface area contributed by atoms with Crippen molar-refractivity contribution in [3.63, 3.8) is 0 Å². The fourth-order valence-electron chi connectivity index (χ4n) is 6.12. The highest BCUT2D eigenvalue weighted by molar-refractivity contribution is 7.91. The molecule has 0 spiro atoms. The Bertz CT molecular complexity index is 3160. The van der Waals surface area contributed by atoms with Crippen molar-refractivity contribution in [1.29, 1.82) is 0 Å². The highest BCUT2D eigenvalue weighted by Gasteiger charge is 2.34. The number of hydrazone groups is 2. The lowest BCUT2D eigenvalue weighted by Crippen LogP contribution is -2.27. The molecule has 0 atom stereocenters. The number of carbonyl (C=O) groups is 3. The molecule has 0 bridgehead atoms. The van der Waals surface area contributed by atoms with Crippen LogP contribution in [-0.4, -0.2) is 67.9 Å². The number of rotatable bonds is 9. The number of anilines is 4. The lowest BCUT2D eigenvalue weighted by atomic mass is 9.94. The Morgan fingerprint density at radius 3 is 1.58 bits per heavy atom. The number of urea groups is 1. The van der Waals surface area contributed by atoms with Gasteiger partial charge in [-0.25, -0.2) is 4.79 Å². The van der Waals surface area contributed by atoms with Crippen LogP contribution in [0.1, 0.15) is 37.4 Å². The molecule has 0 radical (unpaired) electrons. The quantitative estimate of drug-likeness (QED) is 0.0679. The van der Waals surface area contributed by atoms with Gasteiger partial charge < -0.3 is 10.6 Å². The van der Waals surface area contributed by atoms with Crippen molar-refractivity contribution >= 4 is 105 Å². The average molecular weight is 857 g/mol. The summed E-state index contributed by atoms with van der Waals surface area (Å²) in [5, 5.41) is 13.9. The van der Waals surface area contributed by atoms with E-state index in [9.17, 15) is 53.3 Å². The van der Waals surface area contributed by atoms with E-state index in [1.165, 1.54) is 72.8 Å². The van der Waals surface area contributed by atoms with Crippen LogP contribution in [0.3, 0.4) is 0 Å². The molecule has 0 saturated carbocycles. The van der Waals surface area contributed by atoms with Crippen molar-refractivity contribution in [3.8, 4) is 0 Å². The summed E-state index contributed by atoms with van der Waals surface area (Å²) in [5.74, 6) is -1.71. The van der Waals surface area contributed by atoms with Crippen LogP contribution in [0.15, 0.2) is 122 Å². The van der Waals surface area contributed by atoms with Gasteiger partial charge in [-0.1, -0.05) is 30.3 Å². The number of carbonyl (C=O) groups excluding carboxylic acids is 3. The second-order valence-corrected chi connectivity index (χ2v) is 17.2. The minimum Gasteiger partial charge on any atom is -0.308 e. The summed E-state index contributed by atoms with van der Waals surface area (Å²) < 4.78 is 102. The molecule has 0 unspecified atom stereocenters. The van der Waals surface area contributed by atoms with Crippen LogP contribution in [-0.2, 0) is 30.4 Å². The maximum absolute atomic E-state index is 13.5. The number of allylic oxidation sites excluding steroid dienone is 2. The number of nitrogens with one attached hydrogen (secondary N) is 4. The van der Waals surface area contributed by atoms with Crippen LogP contribution >= 0.6 is 0 Å². The predicted molar refractivity (Wildman–Crippen MR) is 220 cm³/mol. The molecule has 0 aromatic heterocycles. The summed E-state index contributed by atoms with van der Waals surface area (Å²) in [6, 6.07) is 22.3. The Morgan fingerprint density at radius 1 is 0.559 bits per heavy atom. The Labute approximate surface area is 335 Å². The minimum absolute atomic E-state index is 0.00396. The maximum atomic E-state index is 13.5. The molecule has 5 aromatic carbocycles. The molecular weight excluding hydrogens is 829 g/mol. The largest absolute Gasteiger partial charge is 0.323 e. The highest BCUT2D eigenvalue weighted by Crippen LogP contribution is 2.31. The number of hydrogen-bond acceptors (Lipinski definition) is 13. The first-order valence-electron chi connectivity index (χ1n) is 16.9. The molecule has 2 amide bonds. The third-order valence-electron chi connectivity index (χ3n) is 8.97. The summed E-state index contributed by atoms with van der Waals surface area (Å²) in [6.07, 6.45) is 2.02. The van der Waals surface area contributed by atoms with Crippen LogP contribution < -0.4 is 21.5 Å². The zero-order chi connectivity index (χ0) is 42.4. The number of Topliss-reactive ketones (excluding diaryl/α,β-unsaturated/α-hetero) is 2. The van der Waals surface area contributed by atoms with Gasteiger partial charge >= 0.3 is 6.03 Å². The predicted octanol–water partition coefficient (Wildman–Crippen LogP) is 5.83. The Morgan fingerprint density at radius 2 is 1.05 bits per heavy atom. The second-order valence-electron chi connectivity index (χ2n) is 13.0. The molecule has 7 N–H and O–H groups in total. The third-order valence-corrected chi connectivity index (χ3v) is 11.6. The van der Waals surface area contributed by atoms with E-state index in [0.29, 0.717) is 16.5 Å². The molecular formula is C38H28N6O12S3. The number of ketones is 2. The molecule has 0 heterocycles. The highest BCUT2D eigenvalue weighted by atomic mass is 32.2. The van der Waals surface area contributed by atoms with E-state index in [4.69, 9.17) is 0 Å². The summed E-state index contributed by atoms with van der Waals surface area (Å²) in [5.41, 5.74) is 5.75. The number of nitrogens with zero attached hydrogens (tertiary/aromatic N) is 2. The van der Waals surface area contributed by atoms with Gasteiger partial charge in [-0.3, -0.25) is 34.1 Å². The van der Waals surface area contributed by atoms with Crippen LogP contribution in [0.4, 0.5) is 27.5 Å². The van der Waals surface area contributed by atoms with E-state index in [2.05, 4.69) is 31.7 Å². The van der Waals surface area contributed by atoms with Crippen molar-refractivity contribution in [2.45, 2.75) is 11.8 Å². The lowest BCUT2D eigenvalue weighted by Gasteiger charge is -2.18. The number of amides is 2. The van der Waals surface area contributed by atoms with Gasteiger partial charge in [0.2, 0.25) is 11.6 Å². The smallest absolute Gasteiger partial charge is 0.308 e. The van der Waals surface area contributed by atoms with Gasteiger partial charge in [-0.15, -0.1) is 0 Å². The fraction of sp³-hybridized carbons (Fsp3) is 0.0263. The SMILES string of the molecule is Cc1ccccc1N/N=C1\C(=O)c2ccc(NC(=O)Nc3ccc4c(c3)C=C(S(=O)(=O)O)/C(=N/Nc3ccc5cc(S(=O)(=O)O)ccc5c3)C4=O)cc2C=C1S(=O)(=O)O. The van der Waals surface area contributed by atoms with Crippen molar-refractivity contribution < 1.29 is 53.3 Å². The molecule has 2 aliphatic rings.